The molecule has 1 rings (SSSR count). The third-order valence-electron chi connectivity index (χ3n) is 4.93. The van der Waals surface area contributed by atoms with E-state index < -0.39 is 11.6 Å². The minimum absolute atomic E-state index is 0.124. The van der Waals surface area contributed by atoms with Crippen LogP contribution in [-0.4, -0.2) is 24.8 Å². The first-order chi connectivity index (χ1) is 13.9. The molecule has 0 spiro atoms. The van der Waals surface area contributed by atoms with E-state index in [9.17, 15) is 4.79 Å². The molecule has 0 aromatic heterocycles. The van der Waals surface area contributed by atoms with E-state index >= 15 is 0 Å². The predicted octanol–water partition coefficient (Wildman–Crippen LogP) is 7.51. The molecule has 0 heterocycles. The van der Waals surface area contributed by atoms with Gasteiger partial charge in [0.25, 0.3) is 0 Å². The van der Waals surface area contributed by atoms with Gasteiger partial charge in [0.15, 0.2) is 0 Å². The molecule has 0 N–H and O–H groups in total. The zero-order valence-electron chi connectivity index (χ0n) is 19.2. The molecule has 0 aliphatic heterocycles. The lowest BCUT2D eigenvalue weighted by Gasteiger charge is -2.26. The highest BCUT2D eigenvalue weighted by atomic mass is 35.5. The number of carbonyl (C=O) groups excluding carboxylic acids is 1. The molecule has 0 amide bonds. The molecule has 1 aromatic rings. The molecule has 0 fully saturated rings. The van der Waals surface area contributed by atoms with Crippen LogP contribution in [-0.2, 0) is 20.7 Å². The number of ether oxygens (including phenoxy) is 2. The predicted molar refractivity (Wildman–Crippen MR) is 127 cm³/mol. The number of benzene rings is 1. The lowest BCUT2D eigenvalue weighted by Crippen LogP contribution is -2.27. The van der Waals surface area contributed by atoms with Gasteiger partial charge in [0.1, 0.15) is 5.60 Å². The summed E-state index contributed by atoms with van der Waals surface area (Å²) in [7, 11) is 1.65. The molecule has 0 saturated heterocycles. The van der Waals surface area contributed by atoms with E-state index in [2.05, 4.69) is 20.1 Å². The van der Waals surface area contributed by atoms with Gasteiger partial charge in [0, 0.05) is 29.1 Å². The lowest BCUT2D eigenvalue weighted by molar-refractivity contribution is -0.150. The zero-order chi connectivity index (χ0) is 23.1. The summed E-state index contributed by atoms with van der Waals surface area (Å²) in [5.41, 5.74) is 2.94. The Morgan fingerprint density at radius 1 is 1.17 bits per heavy atom. The molecule has 5 heteroatoms. The Kier molecular flexibility index (Phi) is 10.6. The summed E-state index contributed by atoms with van der Waals surface area (Å²) in [5.74, 6) is -0.267. The molecule has 168 valence electrons. The summed E-state index contributed by atoms with van der Waals surface area (Å²) in [6.07, 6.45) is 3.50. The van der Waals surface area contributed by atoms with Crippen LogP contribution in [0.25, 0.3) is 0 Å². The van der Waals surface area contributed by atoms with E-state index in [-0.39, 0.29) is 12.0 Å². The summed E-state index contributed by atoms with van der Waals surface area (Å²) in [6.45, 7) is 17.8. The van der Waals surface area contributed by atoms with Gasteiger partial charge >= 0.3 is 5.97 Å². The topological polar surface area (TPSA) is 35.5 Å². The molecule has 0 radical (unpaired) electrons. The zero-order valence-corrected chi connectivity index (χ0v) is 20.8. The Morgan fingerprint density at radius 3 is 2.20 bits per heavy atom. The number of esters is 1. The lowest BCUT2D eigenvalue weighted by atomic mass is 9.84. The van der Waals surface area contributed by atoms with Gasteiger partial charge in [-0.05, 0) is 76.1 Å². The molecule has 3 nitrogen and oxygen atoms in total. The van der Waals surface area contributed by atoms with Crippen LogP contribution in [0.1, 0.15) is 64.5 Å². The maximum absolute atomic E-state index is 12.3. The van der Waals surface area contributed by atoms with Crippen LogP contribution >= 0.6 is 23.2 Å². The number of aryl methyl sites for hydroxylation is 1. The smallest absolute Gasteiger partial charge is 0.334 e. The highest BCUT2D eigenvalue weighted by Crippen LogP contribution is 2.34. The van der Waals surface area contributed by atoms with Gasteiger partial charge in [-0.1, -0.05) is 55.3 Å². The fourth-order valence-corrected chi connectivity index (χ4v) is 4.13. The van der Waals surface area contributed by atoms with E-state index in [0.29, 0.717) is 34.9 Å². The van der Waals surface area contributed by atoms with Gasteiger partial charge < -0.3 is 9.47 Å². The van der Waals surface area contributed by atoms with Crippen LogP contribution in [0.2, 0.25) is 10.0 Å². The molecule has 0 aliphatic carbocycles. The maximum atomic E-state index is 12.3. The summed E-state index contributed by atoms with van der Waals surface area (Å²) in [4.78, 5) is 12.3. The number of carbonyl (C=O) groups is 1. The maximum Gasteiger partial charge on any atom is 0.334 e. The second-order valence-corrected chi connectivity index (χ2v) is 9.73. The minimum atomic E-state index is -0.556. The molecule has 0 bridgehead atoms. The fourth-order valence-electron chi connectivity index (χ4n) is 3.38. The van der Waals surface area contributed by atoms with Crippen molar-refractivity contribution in [3.05, 3.63) is 57.6 Å². The average Bonchev–Trinajstić information content (AvgIpc) is 2.61. The van der Waals surface area contributed by atoms with E-state index in [1.807, 2.05) is 39.8 Å². The van der Waals surface area contributed by atoms with E-state index in [1.54, 1.807) is 7.11 Å². The molecule has 2 unspecified atom stereocenters. The van der Waals surface area contributed by atoms with Crippen molar-refractivity contribution < 1.29 is 14.3 Å². The number of methoxy groups -OCH3 is 1. The third-order valence-corrected chi connectivity index (χ3v) is 5.60. The van der Waals surface area contributed by atoms with Gasteiger partial charge in [-0.25, -0.2) is 4.79 Å². The quantitative estimate of drug-likeness (QED) is 0.197. The van der Waals surface area contributed by atoms with Gasteiger partial charge in [-0.15, -0.1) is 0 Å². The molecule has 30 heavy (non-hydrogen) atoms. The van der Waals surface area contributed by atoms with E-state index in [0.717, 1.165) is 29.5 Å². The monoisotopic (exact) mass is 454 g/mol. The molecular weight excluding hydrogens is 419 g/mol. The fraction of sp³-hybridized carbons (Fsp3) is 0.560. The first-order valence-corrected chi connectivity index (χ1v) is 11.2. The number of hydrogen-bond donors (Lipinski definition) is 0. The van der Waals surface area contributed by atoms with Crippen LogP contribution in [0.5, 0.6) is 0 Å². The van der Waals surface area contributed by atoms with Crippen molar-refractivity contribution in [1.82, 2.24) is 0 Å². The minimum Gasteiger partial charge on any atom is -0.457 e. The first kappa shape index (κ1) is 26.7. The van der Waals surface area contributed by atoms with Crippen molar-refractivity contribution in [2.24, 2.45) is 5.92 Å². The van der Waals surface area contributed by atoms with Crippen LogP contribution in [0, 0.1) is 12.8 Å². The molecule has 0 aliphatic rings. The highest BCUT2D eigenvalue weighted by molar-refractivity contribution is 6.36. The van der Waals surface area contributed by atoms with Crippen molar-refractivity contribution in [1.29, 1.82) is 0 Å². The Morgan fingerprint density at radius 2 is 1.73 bits per heavy atom. The van der Waals surface area contributed by atoms with Gasteiger partial charge in [-0.2, -0.15) is 0 Å². The SMILES string of the molecule is C=C(CC(CC(Cc1c(Cl)cc(C)cc1Cl)C(=C)CCC)OC)C(=O)OC(C)(C)C. The number of rotatable bonds is 11. The summed E-state index contributed by atoms with van der Waals surface area (Å²) >= 11 is 13.0. The Balaban J connectivity index is 2.99. The molecule has 2 atom stereocenters. The summed E-state index contributed by atoms with van der Waals surface area (Å²) < 4.78 is 11.1. The summed E-state index contributed by atoms with van der Waals surface area (Å²) in [6, 6.07) is 3.86. The van der Waals surface area contributed by atoms with Gasteiger partial charge in [0.05, 0.1) is 6.10 Å². The number of allylic oxidation sites excluding steroid dienone is 1. The van der Waals surface area contributed by atoms with Crippen LogP contribution in [0.3, 0.4) is 0 Å². The van der Waals surface area contributed by atoms with Crippen LogP contribution < -0.4 is 0 Å². The normalized spacial score (nSPS) is 13.6. The first-order valence-electron chi connectivity index (χ1n) is 10.4. The Hall–Kier alpha value is -1.29. The second-order valence-electron chi connectivity index (χ2n) is 8.92. The third kappa shape index (κ3) is 8.83. The van der Waals surface area contributed by atoms with E-state index in [1.165, 1.54) is 0 Å². The number of hydrogen-bond acceptors (Lipinski definition) is 3. The average molecular weight is 455 g/mol. The van der Waals surface area contributed by atoms with E-state index in [4.69, 9.17) is 32.7 Å². The highest BCUT2D eigenvalue weighted by Gasteiger charge is 2.25. The van der Waals surface area contributed by atoms with Gasteiger partial charge in [-0.3, -0.25) is 0 Å². The van der Waals surface area contributed by atoms with Crippen LogP contribution in [0.15, 0.2) is 36.4 Å². The Labute approximate surface area is 192 Å². The van der Waals surface area contributed by atoms with Crippen molar-refractivity contribution in [3.63, 3.8) is 0 Å². The number of halogens is 2. The second kappa shape index (κ2) is 11.9. The molecule has 1 aromatic carbocycles. The van der Waals surface area contributed by atoms with Crippen molar-refractivity contribution in [3.8, 4) is 0 Å². The van der Waals surface area contributed by atoms with Crippen LogP contribution in [0.4, 0.5) is 0 Å². The molecule has 0 saturated carbocycles. The van der Waals surface area contributed by atoms with Gasteiger partial charge in [0.2, 0.25) is 0 Å². The van der Waals surface area contributed by atoms with Crippen molar-refractivity contribution in [2.75, 3.05) is 7.11 Å². The largest absolute Gasteiger partial charge is 0.457 e. The molecular formula is C25H36Cl2O3. The van der Waals surface area contributed by atoms with Crippen molar-refractivity contribution >= 4 is 29.2 Å². The summed E-state index contributed by atoms with van der Waals surface area (Å²) in [5, 5.41) is 1.34. The Bertz CT molecular complexity index is 739. The van der Waals surface area contributed by atoms with Crippen molar-refractivity contribution in [2.45, 2.75) is 78.4 Å². The standard InChI is InChI=1S/C25H36Cl2O3/c1-9-10-17(3)19(15-21-22(26)11-16(2)12-23(21)27)14-20(29-8)13-18(4)24(28)30-25(5,6)7/h11-12,19-20H,3-4,9-10,13-15H2,1-2,5-8H3.